The molecule has 0 bridgehead atoms. The first-order valence-corrected chi connectivity index (χ1v) is 6.32. The van der Waals surface area contributed by atoms with Crippen LogP contribution in [0.3, 0.4) is 0 Å². The van der Waals surface area contributed by atoms with E-state index in [1.165, 1.54) is 35.1 Å². The van der Waals surface area contributed by atoms with E-state index < -0.39 is 0 Å². The van der Waals surface area contributed by atoms with Crippen LogP contribution in [0, 0.1) is 20.8 Å². The zero-order chi connectivity index (χ0) is 12.6. The van der Waals surface area contributed by atoms with Crippen molar-refractivity contribution in [1.29, 1.82) is 0 Å². The lowest BCUT2D eigenvalue weighted by molar-refractivity contribution is 0.836. The second-order valence-electron chi connectivity index (χ2n) is 4.05. The van der Waals surface area contributed by atoms with Crippen molar-refractivity contribution in [2.45, 2.75) is 53.9 Å². The summed E-state index contributed by atoms with van der Waals surface area (Å²) in [4.78, 5) is 0. The lowest BCUT2D eigenvalue weighted by atomic mass is 9.96. The SMILES string of the molecule is C=CCCCc1cc(C)cc(C)c1C.CC. The molecule has 0 atom stereocenters. The Hall–Kier alpha value is -1.04. The first-order chi connectivity index (χ1) is 7.65. The zero-order valence-electron chi connectivity index (χ0n) is 11.6. The highest BCUT2D eigenvalue weighted by Gasteiger charge is 2.01. The molecule has 0 unspecified atom stereocenters. The summed E-state index contributed by atoms with van der Waals surface area (Å²) >= 11 is 0. The Labute approximate surface area is 101 Å². The molecule has 0 aromatic heterocycles. The van der Waals surface area contributed by atoms with Gasteiger partial charge < -0.3 is 0 Å². The minimum Gasteiger partial charge on any atom is -0.103 e. The van der Waals surface area contributed by atoms with Crippen LogP contribution in [0.15, 0.2) is 24.8 Å². The maximum atomic E-state index is 3.75. The van der Waals surface area contributed by atoms with E-state index in [-0.39, 0.29) is 0 Å². The summed E-state index contributed by atoms with van der Waals surface area (Å²) in [6, 6.07) is 4.57. The summed E-state index contributed by atoms with van der Waals surface area (Å²) < 4.78 is 0. The molecule has 0 nitrogen and oxygen atoms in total. The minimum atomic E-state index is 1.12. The van der Waals surface area contributed by atoms with Gasteiger partial charge in [0.1, 0.15) is 0 Å². The van der Waals surface area contributed by atoms with Crippen LogP contribution >= 0.6 is 0 Å². The number of hydrogen-bond acceptors (Lipinski definition) is 0. The van der Waals surface area contributed by atoms with E-state index in [0.717, 1.165) is 6.42 Å². The van der Waals surface area contributed by atoms with E-state index >= 15 is 0 Å². The van der Waals surface area contributed by atoms with Gasteiger partial charge in [-0.3, -0.25) is 0 Å². The number of aryl methyl sites for hydroxylation is 3. The van der Waals surface area contributed by atoms with Crippen LogP contribution in [0.4, 0.5) is 0 Å². The predicted octanol–water partition coefficient (Wildman–Crippen LogP) is 5.15. The second kappa shape index (κ2) is 8.15. The summed E-state index contributed by atoms with van der Waals surface area (Å²) in [6.45, 7) is 14.3. The molecule has 0 spiro atoms. The smallest absolute Gasteiger partial charge is 0.0273 e. The maximum Gasteiger partial charge on any atom is -0.0273 e. The fourth-order valence-corrected chi connectivity index (χ4v) is 1.82. The molecule has 0 aliphatic rings. The number of hydrogen-bond donors (Lipinski definition) is 0. The van der Waals surface area contributed by atoms with Gasteiger partial charge in [-0.15, -0.1) is 6.58 Å². The Morgan fingerprint density at radius 2 is 1.75 bits per heavy atom. The van der Waals surface area contributed by atoms with Gasteiger partial charge >= 0.3 is 0 Å². The highest BCUT2D eigenvalue weighted by Crippen LogP contribution is 2.17. The largest absolute Gasteiger partial charge is 0.103 e. The van der Waals surface area contributed by atoms with Crippen molar-refractivity contribution in [1.82, 2.24) is 0 Å². The quantitative estimate of drug-likeness (QED) is 0.484. The maximum absolute atomic E-state index is 3.75. The Morgan fingerprint density at radius 1 is 1.12 bits per heavy atom. The number of rotatable bonds is 4. The van der Waals surface area contributed by atoms with E-state index in [4.69, 9.17) is 0 Å². The molecule has 0 amide bonds. The predicted molar refractivity (Wildman–Crippen MR) is 75.1 cm³/mol. The topological polar surface area (TPSA) is 0 Å². The van der Waals surface area contributed by atoms with Crippen molar-refractivity contribution < 1.29 is 0 Å². The molecule has 16 heavy (non-hydrogen) atoms. The molecule has 0 aliphatic carbocycles. The Morgan fingerprint density at radius 3 is 2.31 bits per heavy atom. The van der Waals surface area contributed by atoms with Crippen LogP contribution in [0.2, 0.25) is 0 Å². The molecule has 0 saturated heterocycles. The van der Waals surface area contributed by atoms with Gasteiger partial charge in [-0.1, -0.05) is 37.6 Å². The molecule has 0 heterocycles. The molecule has 0 aliphatic heterocycles. The average molecular weight is 218 g/mol. The third kappa shape index (κ3) is 4.65. The first kappa shape index (κ1) is 15.0. The molecule has 90 valence electrons. The van der Waals surface area contributed by atoms with E-state index in [2.05, 4.69) is 39.5 Å². The van der Waals surface area contributed by atoms with Gasteiger partial charge in [-0.05, 0) is 56.7 Å². The summed E-state index contributed by atoms with van der Waals surface area (Å²) in [5.74, 6) is 0. The summed E-state index contributed by atoms with van der Waals surface area (Å²) in [5.41, 5.74) is 5.75. The van der Waals surface area contributed by atoms with Crippen molar-refractivity contribution >= 4 is 0 Å². The van der Waals surface area contributed by atoms with Gasteiger partial charge in [0, 0.05) is 0 Å². The van der Waals surface area contributed by atoms with Crippen molar-refractivity contribution in [2.75, 3.05) is 0 Å². The van der Waals surface area contributed by atoms with Crippen molar-refractivity contribution in [3.63, 3.8) is 0 Å². The lowest BCUT2D eigenvalue weighted by Crippen LogP contribution is -1.94. The fourth-order valence-electron chi connectivity index (χ4n) is 1.82. The molecular weight excluding hydrogens is 192 g/mol. The van der Waals surface area contributed by atoms with Gasteiger partial charge in [-0.25, -0.2) is 0 Å². The molecule has 1 aromatic carbocycles. The Kier molecular flexibility index (Phi) is 7.62. The second-order valence-corrected chi connectivity index (χ2v) is 4.05. The van der Waals surface area contributed by atoms with Crippen LogP contribution in [-0.4, -0.2) is 0 Å². The average Bonchev–Trinajstić information content (AvgIpc) is 2.28. The number of allylic oxidation sites excluding steroid dienone is 1. The summed E-state index contributed by atoms with van der Waals surface area (Å²) in [7, 11) is 0. The van der Waals surface area contributed by atoms with Crippen LogP contribution in [0.5, 0.6) is 0 Å². The Balaban J connectivity index is 0.00000106. The fraction of sp³-hybridized carbons (Fsp3) is 0.500. The highest BCUT2D eigenvalue weighted by atomic mass is 14.1. The first-order valence-electron chi connectivity index (χ1n) is 6.32. The molecule has 0 saturated carbocycles. The van der Waals surface area contributed by atoms with Gasteiger partial charge in [0.2, 0.25) is 0 Å². The van der Waals surface area contributed by atoms with E-state index in [1.54, 1.807) is 0 Å². The van der Waals surface area contributed by atoms with Gasteiger partial charge in [0.25, 0.3) is 0 Å². The van der Waals surface area contributed by atoms with Crippen LogP contribution in [0.25, 0.3) is 0 Å². The van der Waals surface area contributed by atoms with Gasteiger partial charge in [0.05, 0.1) is 0 Å². The monoisotopic (exact) mass is 218 g/mol. The summed E-state index contributed by atoms with van der Waals surface area (Å²) in [5, 5.41) is 0. The van der Waals surface area contributed by atoms with Crippen molar-refractivity contribution in [3.8, 4) is 0 Å². The van der Waals surface area contributed by atoms with E-state index in [1.807, 2.05) is 19.9 Å². The van der Waals surface area contributed by atoms with E-state index in [9.17, 15) is 0 Å². The normalized spacial score (nSPS) is 9.31. The molecular formula is C16H26. The van der Waals surface area contributed by atoms with Crippen LogP contribution in [-0.2, 0) is 6.42 Å². The molecule has 0 fully saturated rings. The van der Waals surface area contributed by atoms with Crippen molar-refractivity contribution in [3.05, 3.63) is 47.0 Å². The van der Waals surface area contributed by atoms with Crippen LogP contribution < -0.4 is 0 Å². The lowest BCUT2D eigenvalue weighted by Gasteiger charge is -2.09. The Bertz CT molecular complexity index is 321. The molecule has 0 radical (unpaired) electrons. The zero-order valence-corrected chi connectivity index (χ0v) is 11.6. The van der Waals surface area contributed by atoms with Gasteiger partial charge in [-0.2, -0.15) is 0 Å². The molecule has 0 N–H and O–H groups in total. The molecule has 1 aromatic rings. The minimum absolute atomic E-state index is 1.12. The number of unbranched alkanes of at least 4 members (excludes halogenated alkanes) is 1. The van der Waals surface area contributed by atoms with E-state index in [0.29, 0.717) is 0 Å². The van der Waals surface area contributed by atoms with Gasteiger partial charge in [0.15, 0.2) is 0 Å². The molecule has 1 rings (SSSR count). The van der Waals surface area contributed by atoms with Crippen LogP contribution in [0.1, 0.15) is 48.9 Å². The summed E-state index contributed by atoms with van der Waals surface area (Å²) in [6.07, 6.45) is 5.51. The third-order valence-electron chi connectivity index (χ3n) is 2.77. The third-order valence-corrected chi connectivity index (χ3v) is 2.77. The number of benzene rings is 1. The molecule has 0 heteroatoms. The van der Waals surface area contributed by atoms with Crippen molar-refractivity contribution in [2.24, 2.45) is 0 Å². The standard InChI is InChI=1S/C14H20.C2H6/c1-5-6-7-8-14-10-11(2)9-12(3)13(14)4;1-2/h5,9-10H,1,6-8H2,2-4H3;1-2H3. The highest BCUT2D eigenvalue weighted by molar-refractivity contribution is 5.37.